The van der Waals surface area contributed by atoms with Crippen molar-refractivity contribution in [3.8, 4) is 0 Å². The third-order valence-electron chi connectivity index (χ3n) is 8.51. The van der Waals surface area contributed by atoms with Gasteiger partial charge in [-0.3, -0.25) is 9.59 Å². The lowest BCUT2D eigenvalue weighted by atomic mass is 9.79. The van der Waals surface area contributed by atoms with Crippen molar-refractivity contribution in [3.63, 3.8) is 0 Å². The summed E-state index contributed by atoms with van der Waals surface area (Å²) in [5.41, 5.74) is 2.89. The molecule has 3 aliphatic rings. The SMILES string of the molecule is CNC1CC(C(=O)NC(CCN2CC3CN(C(=O)c4c(C)ncnc4C)CC3C2)c2cccc(F)c2)C1. The van der Waals surface area contributed by atoms with E-state index in [0.29, 0.717) is 23.4 Å². The number of likely N-dealkylation sites (tertiary alicyclic amines) is 2. The molecule has 3 heterocycles. The maximum Gasteiger partial charge on any atom is 0.257 e. The number of hydrogen-bond donors (Lipinski definition) is 2. The number of rotatable bonds is 8. The summed E-state index contributed by atoms with van der Waals surface area (Å²) in [5, 5.41) is 6.43. The molecule has 9 heteroatoms. The van der Waals surface area contributed by atoms with Crippen molar-refractivity contribution in [2.45, 2.75) is 45.2 Å². The molecule has 1 aromatic heterocycles. The minimum Gasteiger partial charge on any atom is -0.349 e. The van der Waals surface area contributed by atoms with Gasteiger partial charge in [-0.05, 0) is 69.7 Å². The molecule has 2 aliphatic heterocycles. The lowest BCUT2D eigenvalue weighted by Gasteiger charge is -2.35. The number of aryl methyl sites for hydroxylation is 2. The van der Waals surface area contributed by atoms with Crippen LogP contribution in [0.15, 0.2) is 30.6 Å². The summed E-state index contributed by atoms with van der Waals surface area (Å²) in [7, 11) is 1.92. The summed E-state index contributed by atoms with van der Waals surface area (Å²) in [6, 6.07) is 6.75. The number of nitrogens with one attached hydrogen (secondary N) is 2. The van der Waals surface area contributed by atoms with Gasteiger partial charge in [0, 0.05) is 44.7 Å². The monoisotopic (exact) mass is 508 g/mol. The van der Waals surface area contributed by atoms with Crippen LogP contribution in [-0.4, -0.2) is 77.4 Å². The Kier molecular flexibility index (Phi) is 7.53. The third kappa shape index (κ3) is 5.52. The van der Waals surface area contributed by atoms with Gasteiger partial charge in [0.25, 0.3) is 5.91 Å². The fourth-order valence-corrected chi connectivity index (χ4v) is 6.21. The third-order valence-corrected chi connectivity index (χ3v) is 8.51. The molecule has 3 unspecified atom stereocenters. The van der Waals surface area contributed by atoms with Gasteiger partial charge in [-0.15, -0.1) is 0 Å². The lowest BCUT2D eigenvalue weighted by molar-refractivity contribution is -0.129. The summed E-state index contributed by atoms with van der Waals surface area (Å²) >= 11 is 0. The van der Waals surface area contributed by atoms with Crippen molar-refractivity contribution < 1.29 is 14.0 Å². The number of carbonyl (C=O) groups excluding carboxylic acids is 2. The molecule has 8 nitrogen and oxygen atoms in total. The zero-order valence-electron chi connectivity index (χ0n) is 21.9. The van der Waals surface area contributed by atoms with E-state index in [1.165, 1.54) is 18.5 Å². The van der Waals surface area contributed by atoms with Crippen LogP contribution in [0.4, 0.5) is 4.39 Å². The molecule has 2 N–H and O–H groups in total. The highest BCUT2D eigenvalue weighted by atomic mass is 19.1. The van der Waals surface area contributed by atoms with Gasteiger partial charge in [-0.1, -0.05) is 12.1 Å². The number of nitrogens with zero attached hydrogens (tertiary/aromatic N) is 4. The zero-order valence-corrected chi connectivity index (χ0v) is 21.9. The van der Waals surface area contributed by atoms with Crippen molar-refractivity contribution in [3.05, 3.63) is 58.9 Å². The van der Waals surface area contributed by atoms with Crippen LogP contribution in [0.2, 0.25) is 0 Å². The molecule has 2 aromatic rings. The smallest absolute Gasteiger partial charge is 0.257 e. The van der Waals surface area contributed by atoms with E-state index in [4.69, 9.17) is 0 Å². The average Bonchev–Trinajstić information content (AvgIpc) is 3.40. The molecule has 1 saturated carbocycles. The average molecular weight is 509 g/mol. The van der Waals surface area contributed by atoms with E-state index in [-0.39, 0.29) is 29.6 Å². The summed E-state index contributed by atoms with van der Waals surface area (Å²) in [6.07, 6.45) is 3.91. The van der Waals surface area contributed by atoms with Gasteiger partial charge in [-0.25, -0.2) is 14.4 Å². The number of halogens is 1. The standard InChI is InChI=1S/C28H37FN6O2/c1-17-26(18(2)32-16-31-17)28(37)35-14-21-12-34(13-22(21)15-35)8-7-25(19-5-4-6-23(29)9-19)33-27(36)20-10-24(11-20)30-3/h4-6,9,16,20-22,24-25,30H,7-8,10-15H2,1-3H3,(H,33,36). The van der Waals surface area contributed by atoms with Gasteiger partial charge >= 0.3 is 0 Å². The first-order valence-electron chi connectivity index (χ1n) is 13.3. The molecule has 0 bridgehead atoms. The quantitative estimate of drug-likeness (QED) is 0.570. The van der Waals surface area contributed by atoms with Crippen molar-refractivity contribution in [2.24, 2.45) is 17.8 Å². The summed E-state index contributed by atoms with van der Waals surface area (Å²) in [5.74, 6) is 0.691. The molecule has 2 amide bonds. The molecule has 0 radical (unpaired) electrons. The van der Waals surface area contributed by atoms with E-state index in [2.05, 4.69) is 25.5 Å². The predicted octanol–water partition coefficient (Wildman–Crippen LogP) is 2.48. The second-order valence-corrected chi connectivity index (χ2v) is 11.0. The Morgan fingerprint density at radius 2 is 1.76 bits per heavy atom. The molecule has 5 rings (SSSR count). The normalized spacial score (nSPS) is 26.0. The van der Waals surface area contributed by atoms with E-state index in [9.17, 15) is 14.0 Å². The van der Waals surface area contributed by atoms with Gasteiger partial charge in [0.05, 0.1) is 23.0 Å². The van der Waals surface area contributed by atoms with Crippen LogP contribution in [-0.2, 0) is 4.79 Å². The fraction of sp³-hybridized carbons (Fsp3) is 0.571. The minimum atomic E-state index is -0.287. The number of amides is 2. The molecule has 37 heavy (non-hydrogen) atoms. The van der Waals surface area contributed by atoms with Crippen LogP contribution in [0.3, 0.4) is 0 Å². The first-order chi connectivity index (χ1) is 17.8. The van der Waals surface area contributed by atoms with Crippen LogP contribution >= 0.6 is 0 Å². The topological polar surface area (TPSA) is 90.5 Å². The van der Waals surface area contributed by atoms with Gasteiger partial charge in [-0.2, -0.15) is 0 Å². The van der Waals surface area contributed by atoms with Crippen LogP contribution < -0.4 is 10.6 Å². The largest absolute Gasteiger partial charge is 0.349 e. The molecule has 198 valence electrons. The first-order valence-corrected chi connectivity index (χ1v) is 13.3. The first kappa shape index (κ1) is 25.7. The van der Waals surface area contributed by atoms with Crippen LogP contribution in [0.1, 0.15) is 52.6 Å². The minimum absolute atomic E-state index is 0.0189. The van der Waals surface area contributed by atoms with Gasteiger partial charge in [0.2, 0.25) is 5.91 Å². The number of fused-ring (bicyclic) bond motifs is 1. The van der Waals surface area contributed by atoms with E-state index in [0.717, 1.165) is 68.9 Å². The van der Waals surface area contributed by atoms with Gasteiger partial charge in [0.1, 0.15) is 12.1 Å². The second-order valence-electron chi connectivity index (χ2n) is 11.0. The van der Waals surface area contributed by atoms with Crippen LogP contribution in [0.25, 0.3) is 0 Å². The number of aromatic nitrogens is 2. The maximum absolute atomic E-state index is 14.0. The summed E-state index contributed by atoms with van der Waals surface area (Å²) in [4.78, 5) is 38.9. The number of carbonyl (C=O) groups is 2. The summed E-state index contributed by atoms with van der Waals surface area (Å²) < 4.78 is 14.0. The molecule has 3 fully saturated rings. The van der Waals surface area contributed by atoms with Crippen molar-refractivity contribution in [1.82, 2.24) is 30.4 Å². The number of benzene rings is 1. The van der Waals surface area contributed by atoms with E-state index in [1.54, 1.807) is 6.07 Å². The number of hydrogen-bond acceptors (Lipinski definition) is 6. The Labute approximate surface area is 218 Å². The highest BCUT2D eigenvalue weighted by Gasteiger charge is 2.42. The molecular weight excluding hydrogens is 471 g/mol. The predicted molar refractivity (Wildman–Crippen MR) is 138 cm³/mol. The Hall–Kier alpha value is -2.91. The highest BCUT2D eigenvalue weighted by molar-refractivity contribution is 5.96. The highest BCUT2D eigenvalue weighted by Crippen LogP contribution is 2.33. The van der Waals surface area contributed by atoms with E-state index < -0.39 is 0 Å². The molecular formula is C28H37FN6O2. The fourth-order valence-electron chi connectivity index (χ4n) is 6.21. The summed E-state index contributed by atoms with van der Waals surface area (Å²) in [6.45, 7) is 7.87. The Bertz CT molecular complexity index is 1120. The molecule has 1 aliphatic carbocycles. The maximum atomic E-state index is 14.0. The van der Waals surface area contributed by atoms with E-state index >= 15 is 0 Å². The second kappa shape index (κ2) is 10.8. The Morgan fingerprint density at radius 1 is 1.08 bits per heavy atom. The molecule has 1 aromatic carbocycles. The van der Waals surface area contributed by atoms with Gasteiger partial charge in [0.15, 0.2) is 0 Å². The molecule has 0 spiro atoms. The van der Waals surface area contributed by atoms with E-state index in [1.807, 2.05) is 31.9 Å². The van der Waals surface area contributed by atoms with Gasteiger partial charge < -0.3 is 20.4 Å². The lowest BCUT2D eigenvalue weighted by Crippen LogP contribution is -2.47. The molecule has 3 atom stereocenters. The van der Waals surface area contributed by atoms with Crippen LogP contribution in [0, 0.1) is 37.4 Å². The Morgan fingerprint density at radius 3 is 2.38 bits per heavy atom. The van der Waals surface area contributed by atoms with Crippen LogP contribution in [0.5, 0.6) is 0 Å². The zero-order chi connectivity index (χ0) is 26.1. The molecule has 2 saturated heterocycles. The van der Waals surface area contributed by atoms with Crippen molar-refractivity contribution in [2.75, 3.05) is 39.8 Å². The van der Waals surface area contributed by atoms with Crippen molar-refractivity contribution >= 4 is 11.8 Å². The Balaban J connectivity index is 1.17. The van der Waals surface area contributed by atoms with Crippen molar-refractivity contribution in [1.29, 1.82) is 0 Å².